The summed E-state index contributed by atoms with van der Waals surface area (Å²) in [6, 6.07) is 0. The largest absolute Gasteiger partial charge is 0.296 e. The number of amides is 2. The van der Waals surface area contributed by atoms with E-state index in [1.54, 1.807) is 0 Å². The van der Waals surface area contributed by atoms with Crippen molar-refractivity contribution in [1.82, 2.24) is 5.32 Å². The van der Waals surface area contributed by atoms with Crippen LogP contribution in [-0.4, -0.2) is 11.8 Å². The Morgan fingerprint density at radius 2 is 2.17 bits per heavy atom. The molecule has 0 bridgehead atoms. The predicted octanol–water partition coefficient (Wildman–Crippen LogP) is 0.615. The molecule has 2 unspecified atom stereocenters. The van der Waals surface area contributed by atoms with Crippen molar-refractivity contribution in [3.63, 3.8) is 0 Å². The van der Waals surface area contributed by atoms with Crippen molar-refractivity contribution in [1.29, 1.82) is 0 Å². The molecule has 12 heavy (non-hydrogen) atoms. The fourth-order valence-electron chi connectivity index (χ4n) is 1.92. The van der Waals surface area contributed by atoms with Gasteiger partial charge in [0.1, 0.15) is 0 Å². The summed E-state index contributed by atoms with van der Waals surface area (Å²) >= 11 is 0. The molecule has 0 aromatic carbocycles. The van der Waals surface area contributed by atoms with E-state index < -0.39 is 0 Å². The normalized spacial score (nSPS) is 34.2. The summed E-state index contributed by atoms with van der Waals surface area (Å²) in [4.78, 5) is 22.4. The molecule has 0 aromatic heterocycles. The second-order valence-corrected chi connectivity index (χ2v) is 3.54. The molecule has 1 heterocycles. The number of fused-ring (bicyclic) bond motifs is 1. The maximum Gasteiger partial charge on any atom is 0.234 e. The van der Waals surface area contributed by atoms with Gasteiger partial charge in [0, 0.05) is 0 Å². The standard InChI is InChI=1S/C9H11NO2/c1-5-2-3-6-7(4-5)9(12)10-8(6)11/h4,6-7H,2-3H2,1H3,(H,10,11,12). The smallest absolute Gasteiger partial charge is 0.234 e. The van der Waals surface area contributed by atoms with Gasteiger partial charge in [-0.15, -0.1) is 0 Å². The summed E-state index contributed by atoms with van der Waals surface area (Å²) < 4.78 is 0. The van der Waals surface area contributed by atoms with Crippen molar-refractivity contribution in [2.24, 2.45) is 11.8 Å². The van der Waals surface area contributed by atoms with E-state index in [0.29, 0.717) is 0 Å². The lowest BCUT2D eigenvalue weighted by Gasteiger charge is -2.18. The van der Waals surface area contributed by atoms with Gasteiger partial charge in [0.05, 0.1) is 11.8 Å². The van der Waals surface area contributed by atoms with E-state index in [9.17, 15) is 9.59 Å². The fourth-order valence-corrected chi connectivity index (χ4v) is 1.92. The maximum atomic E-state index is 11.2. The number of hydrogen-bond acceptors (Lipinski definition) is 2. The highest BCUT2D eigenvalue weighted by atomic mass is 16.2. The molecule has 0 radical (unpaired) electrons. The molecule has 1 N–H and O–H groups in total. The quantitative estimate of drug-likeness (QED) is 0.422. The number of carbonyl (C=O) groups excluding carboxylic acids is 2. The summed E-state index contributed by atoms with van der Waals surface area (Å²) in [5, 5.41) is 2.36. The summed E-state index contributed by atoms with van der Waals surface area (Å²) in [5.74, 6) is -0.467. The molecule has 1 aliphatic carbocycles. The van der Waals surface area contributed by atoms with Crippen molar-refractivity contribution in [2.75, 3.05) is 0 Å². The molecule has 1 saturated heterocycles. The summed E-state index contributed by atoms with van der Waals surface area (Å²) in [5.41, 5.74) is 1.22. The lowest BCUT2D eigenvalue weighted by molar-refractivity contribution is -0.126. The van der Waals surface area contributed by atoms with E-state index in [1.165, 1.54) is 5.57 Å². The monoisotopic (exact) mass is 165 g/mol. The highest BCUT2D eigenvalue weighted by Gasteiger charge is 2.41. The van der Waals surface area contributed by atoms with Gasteiger partial charge >= 0.3 is 0 Å². The molecule has 2 aliphatic rings. The SMILES string of the molecule is CC1=CC2C(=O)NC(=O)C2CC1. The summed E-state index contributed by atoms with van der Waals surface area (Å²) in [7, 11) is 0. The third-order valence-electron chi connectivity index (χ3n) is 2.63. The molecular weight excluding hydrogens is 154 g/mol. The van der Waals surface area contributed by atoms with E-state index in [2.05, 4.69) is 5.32 Å². The molecule has 2 atom stereocenters. The molecule has 2 rings (SSSR count). The van der Waals surface area contributed by atoms with Gasteiger partial charge in [-0.3, -0.25) is 14.9 Å². The van der Waals surface area contributed by atoms with Gasteiger partial charge in [-0.2, -0.15) is 0 Å². The molecule has 1 fully saturated rings. The zero-order chi connectivity index (χ0) is 8.72. The Morgan fingerprint density at radius 1 is 1.42 bits per heavy atom. The average Bonchev–Trinajstić information content (AvgIpc) is 2.28. The predicted molar refractivity (Wildman–Crippen MR) is 43.1 cm³/mol. The fraction of sp³-hybridized carbons (Fsp3) is 0.556. The number of imide groups is 1. The number of rotatable bonds is 0. The zero-order valence-electron chi connectivity index (χ0n) is 6.96. The Labute approximate surface area is 70.8 Å². The minimum Gasteiger partial charge on any atom is -0.296 e. The van der Waals surface area contributed by atoms with Crippen LogP contribution in [0.25, 0.3) is 0 Å². The molecule has 64 valence electrons. The lowest BCUT2D eigenvalue weighted by atomic mass is 9.83. The first-order chi connectivity index (χ1) is 5.68. The van der Waals surface area contributed by atoms with Crippen LogP contribution in [0.15, 0.2) is 11.6 Å². The number of allylic oxidation sites excluding steroid dienone is 1. The summed E-state index contributed by atoms with van der Waals surface area (Å²) in [6.07, 6.45) is 3.70. The van der Waals surface area contributed by atoms with Crippen LogP contribution >= 0.6 is 0 Å². The van der Waals surface area contributed by atoms with Crippen LogP contribution < -0.4 is 5.32 Å². The number of nitrogens with one attached hydrogen (secondary N) is 1. The van der Waals surface area contributed by atoms with Crippen molar-refractivity contribution in [2.45, 2.75) is 19.8 Å². The molecule has 3 heteroatoms. The molecule has 0 saturated carbocycles. The first-order valence-electron chi connectivity index (χ1n) is 4.20. The van der Waals surface area contributed by atoms with Gasteiger partial charge in [-0.05, 0) is 19.8 Å². The van der Waals surface area contributed by atoms with Crippen molar-refractivity contribution in [3.8, 4) is 0 Å². The topological polar surface area (TPSA) is 46.2 Å². The third-order valence-corrected chi connectivity index (χ3v) is 2.63. The lowest BCUT2D eigenvalue weighted by Crippen LogP contribution is -2.21. The van der Waals surface area contributed by atoms with E-state index >= 15 is 0 Å². The Bertz CT molecular complexity index is 280. The van der Waals surface area contributed by atoms with Gasteiger partial charge in [0.2, 0.25) is 11.8 Å². The Morgan fingerprint density at radius 3 is 2.92 bits per heavy atom. The second-order valence-electron chi connectivity index (χ2n) is 3.54. The molecular formula is C9H11NO2. The van der Waals surface area contributed by atoms with Crippen LogP contribution in [0.5, 0.6) is 0 Å². The third kappa shape index (κ3) is 0.967. The van der Waals surface area contributed by atoms with Gasteiger partial charge in [-0.25, -0.2) is 0 Å². The van der Waals surface area contributed by atoms with Crippen LogP contribution in [0.4, 0.5) is 0 Å². The zero-order valence-corrected chi connectivity index (χ0v) is 6.96. The molecule has 0 aromatic rings. The minimum absolute atomic E-state index is 0.0822. The molecule has 0 spiro atoms. The van der Waals surface area contributed by atoms with Gasteiger partial charge in [-0.1, -0.05) is 11.6 Å². The highest BCUT2D eigenvalue weighted by Crippen LogP contribution is 2.32. The van der Waals surface area contributed by atoms with E-state index in [4.69, 9.17) is 0 Å². The average molecular weight is 165 g/mol. The first-order valence-corrected chi connectivity index (χ1v) is 4.20. The van der Waals surface area contributed by atoms with Crippen LogP contribution in [0.3, 0.4) is 0 Å². The Kier molecular flexibility index (Phi) is 1.53. The van der Waals surface area contributed by atoms with Crippen LogP contribution in [0.2, 0.25) is 0 Å². The molecule has 3 nitrogen and oxygen atoms in total. The van der Waals surface area contributed by atoms with Crippen LogP contribution in [-0.2, 0) is 9.59 Å². The van der Waals surface area contributed by atoms with Crippen LogP contribution in [0.1, 0.15) is 19.8 Å². The molecule has 2 amide bonds. The van der Waals surface area contributed by atoms with Crippen molar-refractivity contribution < 1.29 is 9.59 Å². The number of hydrogen-bond donors (Lipinski definition) is 1. The van der Waals surface area contributed by atoms with E-state index in [-0.39, 0.29) is 23.7 Å². The maximum absolute atomic E-state index is 11.2. The summed E-state index contributed by atoms with van der Waals surface area (Å²) in [6.45, 7) is 2.01. The van der Waals surface area contributed by atoms with E-state index in [0.717, 1.165) is 12.8 Å². The van der Waals surface area contributed by atoms with Gasteiger partial charge in [0.15, 0.2) is 0 Å². The van der Waals surface area contributed by atoms with Crippen LogP contribution in [0, 0.1) is 11.8 Å². The van der Waals surface area contributed by atoms with Gasteiger partial charge in [0.25, 0.3) is 0 Å². The minimum atomic E-state index is -0.175. The van der Waals surface area contributed by atoms with Crippen molar-refractivity contribution in [3.05, 3.63) is 11.6 Å². The second kappa shape index (κ2) is 2.44. The van der Waals surface area contributed by atoms with Gasteiger partial charge < -0.3 is 0 Å². The molecule has 1 aliphatic heterocycles. The first kappa shape index (κ1) is 7.53. The van der Waals surface area contributed by atoms with E-state index in [1.807, 2.05) is 13.0 Å². The number of carbonyl (C=O) groups is 2. The highest BCUT2D eigenvalue weighted by molar-refractivity contribution is 6.06. The van der Waals surface area contributed by atoms with Crippen molar-refractivity contribution >= 4 is 11.8 Å². The Balaban J connectivity index is 2.32. The Hall–Kier alpha value is -1.12.